The summed E-state index contributed by atoms with van der Waals surface area (Å²) in [6, 6.07) is 4.10. The fraction of sp³-hybridized carbons (Fsp3) is 0.667. The Balaban J connectivity index is 1.98. The van der Waals surface area contributed by atoms with Crippen LogP contribution in [0.15, 0.2) is 12.1 Å². The summed E-state index contributed by atoms with van der Waals surface area (Å²) in [7, 11) is 4.95. The van der Waals surface area contributed by atoms with E-state index in [0.717, 1.165) is 50.1 Å². The molecule has 130 valence electrons. The van der Waals surface area contributed by atoms with Crippen LogP contribution in [0.25, 0.3) is 0 Å². The van der Waals surface area contributed by atoms with E-state index in [1.54, 1.807) is 21.3 Å². The van der Waals surface area contributed by atoms with Gasteiger partial charge in [-0.05, 0) is 62.6 Å². The normalized spacial score (nSPS) is 16.3. The zero-order chi connectivity index (χ0) is 16.7. The third-order valence-corrected chi connectivity index (χ3v) is 4.52. The Morgan fingerprint density at radius 1 is 1.04 bits per heavy atom. The molecule has 0 unspecified atom stereocenters. The van der Waals surface area contributed by atoms with Crippen molar-refractivity contribution in [3.63, 3.8) is 0 Å². The molecule has 1 aromatic carbocycles. The Kier molecular flexibility index (Phi) is 6.99. The SMILES string of the molecule is CCNCC1CCN(Cc2cc(OC)c(OC)c(OC)c2)CC1. The van der Waals surface area contributed by atoms with Gasteiger partial charge in [-0.3, -0.25) is 4.90 Å². The maximum absolute atomic E-state index is 5.44. The van der Waals surface area contributed by atoms with E-state index in [-0.39, 0.29) is 0 Å². The van der Waals surface area contributed by atoms with Gasteiger partial charge in [-0.25, -0.2) is 0 Å². The summed E-state index contributed by atoms with van der Waals surface area (Å²) in [5.74, 6) is 2.92. The highest BCUT2D eigenvalue weighted by atomic mass is 16.5. The number of hydrogen-bond acceptors (Lipinski definition) is 5. The van der Waals surface area contributed by atoms with Gasteiger partial charge in [0.25, 0.3) is 0 Å². The lowest BCUT2D eigenvalue weighted by Crippen LogP contribution is -2.36. The quantitative estimate of drug-likeness (QED) is 0.797. The van der Waals surface area contributed by atoms with Crippen molar-refractivity contribution >= 4 is 0 Å². The molecule has 1 aliphatic heterocycles. The summed E-state index contributed by atoms with van der Waals surface area (Å²) in [5, 5.41) is 3.46. The number of rotatable bonds is 8. The number of likely N-dealkylation sites (tertiary alicyclic amines) is 1. The number of methoxy groups -OCH3 is 3. The summed E-state index contributed by atoms with van der Waals surface area (Å²) >= 11 is 0. The highest BCUT2D eigenvalue weighted by Gasteiger charge is 2.20. The van der Waals surface area contributed by atoms with Crippen molar-refractivity contribution in [2.75, 3.05) is 47.5 Å². The Morgan fingerprint density at radius 3 is 2.13 bits per heavy atom. The molecule has 5 nitrogen and oxygen atoms in total. The first-order chi connectivity index (χ1) is 11.2. The first-order valence-corrected chi connectivity index (χ1v) is 8.43. The fourth-order valence-corrected chi connectivity index (χ4v) is 3.18. The lowest BCUT2D eigenvalue weighted by atomic mass is 9.96. The van der Waals surface area contributed by atoms with Crippen LogP contribution in [0.4, 0.5) is 0 Å². The van der Waals surface area contributed by atoms with Crippen molar-refractivity contribution in [3.8, 4) is 17.2 Å². The first kappa shape index (κ1) is 17.9. The monoisotopic (exact) mass is 322 g/mol. The van der Waals surface area contributed by atoms with E-state index >= 15 is 0 Å². The van der Waals surface area contributed by atoms with Gasteiger partial charge in [0.1, 0.15) is 0 Å². The summed E-state index contributed by atoms with van der Waals surface area (Å²) < 4.78 is 16.3. The molecule has 1 aromatic rings. The van der Waals surface area contributed by atoms with Crippen LogP contribution in [-0.4, -0.2) is 52.4 Å². The predicted molar refractivity (Wildman–Crippen MR) is 92.6 cm³/mol. The van der Waals surface area contributed by atoms with Crippen LogP contribution in [-0.2, 0) is 6.54 Å². The third kappa shape index (κ3) is 4.75. The minimum atomic E-state index is 0.656. The highest BCUT2D eigenvalue weighted by molar-refractivity contribution is 5.53. The van der Waals surface area contributed by atoms with Gasteiger partial charge in [-0.2, -0.15) is 0 Å². The van der Waals surface area contributed by atoms with Gasteiger partial charge < -0.3 is 19.5 Å². The van der Waals surface area contributed by atoms with Crippen LogP contribution in [0.3, 0.4) is 0 Å². The van der Waals surface area contributed by atoms with Crippen molar-refractivity contribution in [2.45, 2.75) is 26.3 Å². The lowest BCUT2D eigenvalue weighted by molar-refractivity contribution is 0.175. The Bertz CT molecular complexity index is 460. The van der Waals surface area contributed by atoms with Crippen LogP contribution in [0, 0.1) is 5.92 Å². The maximum Gasteiger partial charge on any atom is 0.203 e. The number of nitrogens with zero attached hydrogens (tertiary/aromatic N) is 1. The average molecular weight is 322 g/mol. The average Bonchev–Trinajstić information content (AvgIpc) is 2.60. The molecule has 1 aliphatic rings. The maximum atomic E-state index is 5.44. The molecule has 0 bridgehead atoms. The van der Waals surface area contributed by atoms with E-state index in [1.165, 1.54) is 18.4 Å². The predicted octanol–water partition coefficient (Wildman–Crippen LogP) is 2.53. The van der Waals surface area contributed by atoms with E-state index < -0.39 is 0 Å². The Hall–Kier alpha value is -1.46. The van der Waals surface area contributed by atoms with Crippen molar-refractivity contribution < 1.29 is 14.2 Å². The number of hydrogen-bond donors (Lipinski definition) is 1. The molecule has 0 aromatic heterocycles. The van der Waals surface area contributed by atoms with Crippen LogP contribution >= 0.6 is 0 Å². The van der Waals surface area contributed by atoms with Gasteiger partial charge in [0.05, 0.1) is 21.3 Å². The number of nitrogens with one attached hydrogen (secondary N) is 1. The van der Waals surface area contributed by atoms with Gasteiger partial charge in [0.2, 0.25) is 5.75 Å². The molecule has 0 radical (unpaired) electrons. The second kappa shape index (κ2) is 8.99. The van der Waals surface area contributed by atoms with Crippen molar-refractivity contribution in [3.05, 3.63) is 17.7 Å². The van der Waals surface area contributed by atoms with Crippen molar-refractivity contribution in [1.82, 2.24) is 10.2 Å². The van der Waals surface area contributed by atoms with E-state index in [1.807, 2.05) is 12.1 Å². The third-order valence-electron chi connectivity index (χ3n) is 4.52. The summed E-state index contributed by atoms with van der Waals surface area (Å²) in [6.07, 6.45) is 2.52. The minimum Gasteiger partial charge on any atom is -0.493 e. The molecule has 0 amide bonds. The van der Waals surface area contributed by atoms with Gasteiger partial charge in [-0.1, -0.05) is 6.92 Å². The Labute approximate surface area is 139 Å². The second-order valence-electron chi connectivity index (χ2n) is 6.06. The first-order valence-electron chi connectivity index (χ1n) is 8.43. The van der Waals surface area contributed by atoms with Crippen LogP contribution < -0.4 is 19.5 Å². The van der Waals surface area contributed by atoms with Gasteiger partial charge >= 0.3 is 0 Å². The minimum absolute atomic E-state index is 0.656. The molecule has 0 aliphatic carbocycles. The molecular weight excluding hydrogens is 292 g/mol. The molecule has 1 fully saturated rings. The standard InChI is InChI=1S/C18H30N2O3/c1-5-19-12-14-6-8-20(9-7-14)13-15-10-16(21-2)18(23-4)17(11-15)22-3/h10-11,14,19H,5-9,12-13H2,1-4H3. The van der Waals surface area contributed by atoms with Crippen molar-refractivity contribution in [1.29, 1.82) is 0 Å². The molecule has 1 saturated heterocycles. The molecule has 2 rings (SSSR count). The summed E-state index contributed by atoms with van der Waals surface area (Å²) in [6.45, 7) is 7.59. The van der Waals surface area contributed by atoms with Crippen LogP contribution in [0.5, 0.6) is 17.2 Å². The number of piperidine rings is 1. The zero-order valence-electron chi connectivity index (χ0n) is 14.9. The van der Waals surface area contributed by atoms with Gasteiger partial charge in [0, 0.05) is 6.54 Å². The fourth-order valence-electron chi connectivity index (χ4n) is 3.18. The topological polar surface area (TPSA) is 43.0 Å². The van der Waals surface area contributed by atoms with E-state index in [4.69, 9.17) is 14.2 Å². The van der Waals surface area contributed by atoms with Crippen molar-refractivity contribution in [2.24, 2.45) is 5.92 Å². The van der Waals surface area contributed by atoms with E-state index in [9.17, 15) is 0 Å². The molecule has 1 heterocycles. The molecule has 23 heavy (non-hydrogen) atoms. The molecule has 0 saturated carbocycles. The second-order valence-corrected chi connectivity index (χ2v) is 6.06. The number of ether oxygens (including phenoxy) is 3. The van der Waals surface area contributed by atoms with E-state index in [2.05, 4.69) is 17.1 Å². The van der Waals surface area contributed by atoms with Gasteiger partial charge in [-0.15, -0.1) is 0 Å². The summed E-state index contributed by atoms with van der Waals surface area (Å²) in [5.41, 5.74) is 1.20. The lowest BCUT2D eigenvalue weighted by Gasteiger charge is -2.32. The highest BCUT2D eigenvalue weighted by Crippen LogP contribution is 2.38. The molecule has 0 spiro atoms. The Morgan fingerprint density at radius 2 is 1.65 bits per heavy atom. The molecule has 1 N–H and O–H groups in total. The zero-order valence-corrected chi connectivity index (χ0v) is 14.9. The van der Waals surface area contributed by atoms with Crippen LogP contribution in [0.2, 0.25) is 0 Å². The van der Waals surface area contributed by atoms with Gasteiger partial charge in [0.15, 0.2) is 11.5 Å². The molecule has 0 atom stereocenters. The summed E-state index contributed by atoms with van der Waals surface area (Å²) in [4.78, 5) is 2.50. The molecule has 5 heteroatoms. The van der Waals surface area contributed by atoms with Crippen LogP contribution in [0.1, 0.15) is 25.3 Å². The molecular formula is C18H30N2O3. The van der Waals surface area contributed by atoms with E-state index in [0.29, 0.717) is 5.75 Å². The smallest absolute Gasteiger partial charge is 0.203 e. The largest absolute Gasteiger partial charge is 0.493 e. The number of benzene rings is 1.